The lowest BCUT2D eigenvalue weighted by atomic mass is 10.1. The molecule has 2 aromatic carbocycles. The minimum absolute atomic E-state index is 0.0663. The van der Waals surface area contributed by atoms with Crippen molar-refractivity contribution in [1.29, 1.82) is 0 Å². The first-order chi connectivity index (χ1) is 12.9. The van der Waals surface area contributed by atoms with Crippen molar-refractivity contribution in [3.05, 3.63) is 70.8 Å². The summed E-state index contributed by atoms with van der Waals surface area (Å²) >= 11 is 0.393. The summed E-state index contributed by atoms with van der Waals surface area (Å²) in [6.45, 7) is 0. The van der Waals surface area contributed by atoms with E-state index in [0.29, 0.717) is 22.3 Å². The van der Waals surface area contributed by atoms with Crippen molar-refractivity contribution >= 4 is 29.0 Å². The van der Waals surface area contributed by atoms with Crippen LogP contribution in [0, 0.1) is 10.1 Å². The van der Waals surface area contributed by atoms with Gasteiger partial charge in [-0.05, 0) is 36.4 Å². The van der Waals surface area contributed by atoms with E-state index in [9.17, 15) is 23.7 Å². The van der Waals surface area contributed by atoms with Gasteiger partial charge in [-0.2, -0.15) is 13.9 Å². The summed E-state index contributed by atoms with van der Waals surface area (Å²) in [6, 6.07) is 9.78. The second kappa shape index (κ2) is 7.91. The molecule has 1 N–H and O–H groups in total. The second-order valence-electron chi connectivity index (χ2n) is 5.16. The van der Waals surface area contributed by atoms with Gasteiger partial charge in [-0.1, -0.05) is 11.8 Å². The van der Waals surface area contributed by atoms with Crippen LogP contribution in [0.15, 0.2) is 60.0 Å². The van der Waals surface area contributed by atoms with Gasteiger partial charge in [0, 0.05) is 22.2 Å². The van der Waals surface area contributed by atoms with Gasteiger partial charge in [0.2, 0.25) is 0 Å². The Kier molecular flexibility index (Phi) is 5.41. The van der Waals surface area contributed by atoms with Crippen molar-refractivity contribution in [3.63, 3.8) is 0 Å². The maximum atomic E-state index is 12.4. The zero-order valence-corrected chi connectivity index (χ0v) is 14.3. The fourth-order valence-corrected chi connectivity index (χ4v) is 2.76. The summed E-state index contributed by atoms with van der Waals surface area (Å²) in [4.78, 5) is 27.2. The minimum Gasteiger partial charge on any atom is -0.322 e. The smallest absolute Gasteiger partial charge is 0.295 e. The van der Waals surface area contributed by atoms with Crippen LogP contribution < -0.4 is 5.32 Å². The number of carbonyl (C=O) groups is 1. The quantitative estimate of drug-likeness (QED) is 0.390. The maximum Gasteiger partial charge on any atom is 0.295 e. The van der Waals surface area contributed by atoms with E-state index < -0.39 is 16.6 Å². The number of aromatic nitrogens is 3. The molecule has 138 valence electrons. The number of amides is 1. The molecule has 0 bridgehead atoms. The number of thioether (sulfide) groups is 1. The van der Waals surface area contributed by atoms with E-state index in [4.69, 9.17) is 0 Å². The van der Waals surface area contributed by atoms with Crippen molar-refractivity contribution in [1.82, 2.24) is 14.8 Å². The van der Waals surface area contributed by atoms with Crippen molar-refractivity contribution < 1.29 is 18.5 Å². The SMILES string of the molecule is O=C(Nc1ccc(SC(F)F)cc1)c1ccc(-n2cncn2)c([N+](=O)[O-])c1. The molecule has 1 amide bonds. The van der Waals surface area contributed by atoms with Gasteiger partial charge < -0.3 is 5.32 Å². The third kappa shape index (κ3) is 4.44. The average molecular weight is 391 g/mol. The number of hydrogen-bond donors (Lipinski definition) is 1. The Morgan fingerprint density at radius 1 is 1.22 bits per heavy atom. The van der Waals surface area contributed by atoms with Gasteiger partial charge in [-0.3, -0.25) is 14.9 Å². The molecule has 8 nitrogen and oxygen atoms in total. The number of benzene rings is 2. The number of halogens is 2. The number of carbonyl (C=O) groups excluding carboxylic acids is 1. The minimum atomic E-state index is -2.53. The number of anilines is 1. The van der Waals surface area contributed by atoms with Gasteiger partial charge in [0.25, 0.3) is 17.4 Å². The molecule has 0 spiro atoms. The lowest BCUT2D eigenvalue weighted by Crippen LogP contribution is -2.13. The van der Waals surface area contributed by atoms with Crippen LogP contribution in [0.2, 0.25) is 0 Å². The van der Waals surface area contributed by atoms with Gasteiger partial charge in [0.05, 0.1) is 4.92 Å². The van der Waals surface area contributed by atoms with E-state index in [1.807, 2.05) is 0 Å². The maximum absolute atomic E-state index is 12.4. The van der Waals surface area contributed by atoms with Gasteiger partial charge in [0.15, 0.2) is 0 Å². The van der Waals surface area contributed by atoms with E-state index in [-0.39, 0.29) is 16.9 Å². The Morgan fingerprint density at radius 2 is 1.96 bits per heavy atom. The van der Waals surface area contributed by atoms with E-state index >= 15 is 0 Å². The Bertz CT molecular complexity index is 965. The van der Waals surface area contributed by atoms with Gasteiger partial charge in [0.1, 0.15) is 18.3 Å². The largest absolute Gasteiger partial charge is 0.322 e. The van der Waals surface area contributed by atoms with Crippen LogP contribution in [0.5, 0.6) is 0 Å². The molecule has 0 aliphatic rings. The zero-order valence-electron chi connectivity index (χ0n) is 13.5. The molecular formula is C16H11F2N5O3S. The topological polar surface area (TPSA) is 103 Å². The van der Waals surface area contributed by atoms with E-state index in [1.54, 1.807) is 0 Å². The molecule has 1 aromatic heterocycles. The van der Waals surface area contributed by atoms with Crippen LogP contribution in [-0.4, -0.2) is 31.4 Å². The number of nitro benzene ring substituents is 1. The molecule has 0 atom stereocenters. The molecule has 0 fully saturated rings. The molecule has 0 aliphatic heterocycles. The number of hydrogen-bond acceptors (Lipinski definition) is 6. The third-order valence-electron chi connectivity index (χ3n) is 3.44. The monoisotopic (exact) mass is 391 g/mol. The Hall–Kier alpha value is -3.34. The van der Waals surface area contributed by atoms with Gasteiger partial charge in [-0.25, -0.2) is 9.67 Å². The highest BCUT2D eigenvalue weighted by Crippen LogP contribution is 2.27. The van der Waals surface area contributed by atoms with Crippen molar-refractivity contribution in [3.8, 4) is 5.69 Å². The van der Waals surface area contributed by atoms with Crippen molar-refractivity contribution in [2.75, 3.05) is 5.32 Å². The molecule has 0 saturated carbocycles. The van der Waals surface area contributed by atoms with E-state index in [0.717, 1.165) is 6.07 Å². The normalized spacial score (nSPS) is 10.8. The first-order valence-electron chi connectivity index (χ1n) is 7.43. The summed E-state index contributed by atoms with van der Waals surface area (Å²) in [7, 11) is 0. The summed E-state index contributed by atoms with van der Waals surface area (Å²) in [5.41, 5.74) is 0.303. The molecular weight excluding hydrogens is 380 g/mol. The van der Waals surface area contributed by atoms with Crippen LogP contribution in [0.3, 0.4) is 0 Å². The molecule has 27 heavy (non-hydrogen) atoms. The molecule has 3 aromatic rings. The molecule has 1 heterocycles. The first-order valence-corrected chi connectivity index (χ1v) is 8.31. The van der Waals surface area contributed by atoms with Crippen LogP contribution in [-0.2, 0) is 0 Å². The highest BCUT2D eigenvalue weighted by molar-refractivity contribution is 7.99. The summed E-state index contributed by atoms with van der Waals surface area (Å²) in [5, 5.41) is 17.7. The third-order valence-corrected chi connectivity index (χ3v) is 4.16. The number of nitro groups is 1. The predicted molar refractivity (Wildman–Crippen MR) is 94.3 cm³/mol. The Morgan fingerprint density at radius 3 is 2.56 bits per heavy atom. The predicted octanol–water partition coefficient (Wildman–Crippen LogP) is 3.74. The van der Waals surface area contributed by atoms with Crippen molar-refractivity contribution in [2.45, 2.75) is 10.7 Å². The lowest BCUT2D eigenvalue weighted by molar-refractivity contribution is -0.384. The molecule has 3 rings (SSSR count). The summed E-state index contributed by atoms with van der Waals surface area (Å²) < 4.78 is 25.9. The molecule has 0 radical (unpaired) electrons. The van der Waals surface area contributed by atoms with Crippen LogP contribution in [0.4, 0.5) is 20.2 Å². The highest BCUT2D eigenvalue weighted by atomic mass is 32.2. The number of rotatable bonds is 6. The summed E-state index contributed by atoms with van der Waals surface area (Å²) in [6.07, 6.45) is 2.54. The molecule has 0 aliphatic carbocycles. The van der Waals surface area contributed by atoms with Gasteiger partial charge in [-0.15, -0.1) is 0 Å². The van der Waals surface area contributed by atoms with E-state index in [1.165, 1.54) is 53.7 Å². The highest BCUT2D eigenvalue weighted by Gasteiger charge is 2.19. The zero-order chi connectivity index (χ0) is 19.4. The fraction of sp³-hybridized carbons (Fsp3) is 0.0625. The Balaban J connectivity index is 1.80. The van der Waals surface area contributed by atoms with Crippen LogP contribution in [0.25, 0.3) is 5.69 Å². The molecule has 0 unspecified atom stereocenters. The fourth-order valence-electron chi connectivity index (χ4n) is 2.26. The molecule has 0 saturated heterocycles. The van der Waals surface area contributed by atoms with Gasteiger partial charge >= 0.3 is 0 Å². The first kappa shape index (κ1) is 18.5. The lowest BCUT2D eigenvalue weighted by Gasteiger charge is -2.08. The van der Waals surface area contributed by atoms with Crippen molar-refractivity contribution in [2.24, 2.45) is 0 Å². The summed E-state index contributed by atoms with van der Waals surface area (Å²) in [5.74, 6) is -3.10. The van der Waals surface area contributed by atoms with Crippen LogP contribution in [0.1, 0.15) is 10.4 Å². The number of nitrogens with one attached hydrogen (secondary N) is 1. The van der Waals surface area contributed by atoms with E-state index in [2.05, 4.69) is 15.4 Å². The second-order valence-corrected chi connectivity index (χ2v) is 6.22. The number of nitrogens with zero attached hydrogens (tertiary/aromatic N) is 4. The Labute approximate surface area is 155 Å². The van der Waals surface area contributed by atoms with Crippen LogP contribution >= 0.6 is 11.8 Å². The molecule has 11 heteroatoms. The standard InChI is InChI=1S/C16H11F2N5O3S/c17-16(18)27-12-4-2-11(3-5-12)21-15(24)10-1-6-13(14(7-10)23(25)26)22-9-19-8-20-22/h1-9,16H,(H,21,24). The number of alkyl halides is 2. The average Bonchev–Trinajstić information content (AvgIpc) is 3.17.